The number of nitrogens with zero attached hydrogens (tertiary/aromatic N) is 4. The minimum absolute atomic E-state index is 0.00372. The van der Waals surface area contributed by atoms with Crippen LogP contribution >= 0.6 is 0 Å². The van der Waals surface area contributed by atoms with Crippen LogP contribution in [0.3, 0.4) is 0 Å². The lowest BCUT2D eigenvalue weighted by Gasteiger charge is -2.38. The van der Waals surface area contributed by atoms with Crippen LogP contribution in [-0.4, -0.2) is 53.6 Å². The summed E-state index contributed by atoms with van der Waals surface area (Å²) in [5.41, 5.74) is 1.87. The second kappa shape index (κ2) is 8.45. The minimum atomic E-state index is -0.342. The molecular formula is C24H24N4O4. The van der Waals surface area contributed by atoms with Crippen molar-refractivity contribution in [3.05, 3.63) is 71.9 Å². The van der Waals surface area contributed by atoms with Crippen molar-refractivity contribution in [3.8, 4) is 5.75 Å². The van der Waals surface area contributed by atoms with Gasteiger partial charge in [-0.05, 0) is 17.7 Å². The summed E-state index contributed by atoms with van der Waals surface area (Å²) in [6, 6.07) is 17.3. The van der Waals surface area contributed by atoms with E-state index in [1.54, 1.807) is 16.9 Å². The molecule has 0 spiro atoms. The van der Waals surface area contributed by atoms with Gasteiger partial charge < -0.3 is 19.1 Å². The van der Waals surface area contributed by atoms with Crippen molar-refractivity contribution in [3.63, 3.8) is 0 Å². The van der Waals surface area contributed by atoms with E-state index < -0.39 is 0 Å². The quantitative estimate of drug-likeness (QED) is 0.595. The van der Waals surface area contributed by atoms with Crippen molar-refractivity contribution in [2.45, 2.75) is 18.8 Å². The van der Waals surface area contributed by atoms with Crippen molar-refractivity contribution in [1.29, 1.82) is 0 Å². The second-order valence-corrected chi connectivity index (χ2v) is 8.26. The van der Waals surface area contributed by atoms with Gasteiger partial charge in [-0.3, -0.25) is 9.59 Å². The summed E-state index contributed by atoms with van der Waals surface area (Å²) in [5.74, 6) is 1.56. The van der Waals surface area contributed by atoms with Crippen LogP contribution in [0.25, 0.3) is 0 Å². The smallest absolute Gasteiger partial charge is 0.233 e. The van der Waals surface area contributed by atoms with Gasteiger partial charge in [0, 0.05) is 44.2 Å². The SMILES string of the molecule is COc1cccc(N2C[C@@H](C(=O)N3CC(c4nc(Cc5ccccc5)no4)C3)CC2=O)c1. The van der Waals surface area contributed by atoms with Gasteiger partial charge in [-0.25, -0.2) is 0 Å². The first-order chi connectivity index (χ1) is 15.6. The van der Waals surface area contributed by atoms with Crippen LogP contribution < -0.4 is 9.64 Å². The number of hydrogen-bond acceptors (Lipinski definition) is 6. The lowest BCUT2D eigenvalue weighted by Crippen LogP contribution is -2.51. The Morgan fingerprint density at radius 3 is 2.72 bits per heavy atom. The Bertz CT molecular complexity index is 1120. The van der Waals surface area contributed by atoms with Crippen molar-refractivity contribution >= 4 is 17.5 Å². The zero-order chi connectivity index (χ0) is 22.1. The largest absolute Gasteiger partial charge is 0.497 e. The summed E-state index contributed by atoms with van der Waals surface area (Å²) < 4.78 is 10.7. The van der Waals surface area contributed by atoms with Crippen molar-refractivity contribution < 1.29 is 18.8 Å². The van der Waals surface area contributed by atoms with E-state index in [0.29, 0.717) is 43.5 Å². The molecule has 1 atom stereocenters. The molecule has 2 amide bonds. The Morgan fingerprint density at radius 2 is 1.94 bits per heavy atom. The third-order valence-corrected chi connectivity index (χ3v) is 6.07. The predicted octanol–water partition coefficient (Wildman–Crippen LogP) is 2.65. The molecule has 2 fully saturated rings. The van der Waals surface area contributed by atoms with Gasteiger partial charge in [0.2, 0.25) is 17.7 Å². The van der Waals surface area contributed by atoms with Gasteiger partial charge in [0.15, 0.2) is 5.82 Å². The number of ether oxygens (including phenoxy) is 1. The van der Waals surface area contributed by atoms with Gasteiger partial charge in [-0.15, -0.1) is 0 Å². The van der Waals surface area contributed by atoms with Gasteiger partial charge in [0.1, 0.15) is 5.75 Å². The number of methoxy groups -OCH3 is 1. The molecule has 2 aromatic carbocycles. The molecule has 0 N–H and O–H groups in total. The molecule has 2 aliphatic rings. The molecule has 5 rings (SSSR count). The molecule has 8 heteroatoms. The van der Waals surface area contributed by atoms with Gasteiger partial charge in [0.25, 0.3) is 0 Å². The lowest BCUT2D eigenvalue weighted by molar-refractivity contribution is -0.140. The van der Waals surface area contributed by atoms with Crippen molar-refractivity contribution in [2.24, 2.45) is 5.92 Å². The average Bonchev–Trinajstić information content (AvgIpc) is 3.40. The maximum atomic E-state index is 13.0. The molecule has 0 radical (unpaired) electrons. The van der Waals surface area contributed by atoms with Crippen LogP contribution in [-0.2, 0) is 16.0 Å². The average molecular weight is 432 g/mol. The number of benzene rings is 2. The molecule has 2 aliphatic heterocycles. The molecule has 8 nitrogen and oxygen atoms in total. The summed E-state index contributed by atoms with van der Waals surface area (Å²) in [6.07, 6.45) is 0.836. The van der Waals surface area contributed by atoms with E-state index in [1.807, 2.05) is 54.6 Å². The van der Waals surface area contributed by atoms with Crippen LogP contribution in [0.5, 0.6) is 5.75 Å². The van der Waals surface area contributed by atoms with E-state index in [-0.39, 0.29) is 30.1 Å². The molecule has 0 bridgehead atoms. The maximum Gasteiger partial charge on any atom is 0.233 e. The molecule has 164 valence electrons. The Kier molecular flexibility index (Phi) is 5.34. The fraction of sp³-hybridized carbons (Fsp3) is 0.333. The number of rotatable bonds is 6. The summed E-state index contributed by atoms with van der Waals surface area (Å²) in [7, 11) is 1.59. The van der Waals surface area contributed by atoms with Crippen LogP contribution in [0.2, 0.25) is 0 Å². The van der Waals surface area contributed by atoms with E-state index in [4.69, 9.17) is 9.26 Å². The molecule has 32 heavy (non-hydrogen) atoms. The Hall–Kier alpha value is -3.68. The molecular weight excluding hydrogens is 408 g/mol. The number of hydrogen-bond donors (Lipinski definition) is 0. The zero-order valence-corrected chi connectivity index (χ0v) is 17.8. The fourth-order valence-corrected chi connectivity index (χ4v) is 4.26. The molecule has 0 saturated carbocycles. The zero-order valence-electron chi connectivity index (χ0n) is 17.8. The van der Waals surface area contributed by atoms with Gasteiger partial charge in [-0.2, -0.15) is 4.98 Å². The van der Waals surface area contributed by atoms with Crippen LogP contribution in [0.15, 0.2) is 59.1 Å². The number of carbonyl (C=O) groups excluding carboxylic acids is 2. The highest BCUT2D eigenvalue weighted by molar-refractivity contribution is 6.00. The Labute approximate surface area is 185 Å². The molecule has 0 unspecified atom stereocenters. The van der Waals surface area contributed by atoms with E-state index in [0.717, 1.165) is 11.3 Å². The van der Waals surface area contributed by atoms with Crippen molar-refractivity contribution in [1.82, 2.24) is 15.0 Å². The maximum absolute atomic E-state index is 13.0. The van der Waals surface area contributed by atoms with Gasteiger partial charge in [0.05, 0.1) is 18.9 Å². The summed E-state index contributed by atoms with van der Waals surface area (Å²) in [5, 5.41) is 4.08. The van der Waals surface area contributed by atoms with E-state index >= 15 is 0 Å². The summed E-state index contributed by atoms with van der Waals surface area (Å²) in [4.78, 5) is 33.4. The van der Waals surface area contributed by atoms with Crippen LogP contribution in [0, 0.1) is 5.92 Å². The third-order valence-electron chi connectivity index (χ3n) is 6.07. The number of carbonyl (C=O) groups is 2. The van der Waals surface area contributed by atoms with Crippen LogP contribution in [0.1, 0.15) is 29.6 Å². The number of anilines is 1. The molecule has 3 heterocycles. The van der Waals surface area contributed by atoms with E-state index in [1.165, 1.54) is 0 Å². The highest BCUT2D eigenvalue weighted by Gasteiger charge is 2.42. The second-order valence-electron chi connectivity index (χ2n) is 8.26. The predicted molar refractivity (Wildman–Crippen MR) is 116 cm³/mol. The summed E-state index contributed by atoms with van der Waals surface area (Å²) in [6.45, 7) is 1.46. The van der Waals surface area contributed by atoms with Gasteiger partial charge in [-0.1, -0.05) is 41.6 Å². The first-order valence-corrected chi connectivity index (χ1v) is 10.7. The first kappa shape index (κ1) is 20.2. The number of aromatic nitrogens is 2. The summed E-state index contributed by atoms with van der Waals surface area (Å²) >= 11 is 0. The fourth-order valence-electron chi connectivity index (χ4n) is 4.26. The minimum Gasteiger partial charge on any atom is -0.497 e. The standard InChI is InChI=1S/C24H24N4O4/c1-31-20-9-5-8-19(12-20)28-15-17(11-22(28)29)24(30)27-13-18(14-27)23-25-21(26-32-23)10-16-6-3-2-4-7-16/h2-9,12,17-18H,10-11,13-15H2,1H3/t17-/m0/s1. The lowest BCUT2D eigenvalue weighted by atomic mass is 9.96. The normalized spacial score (nSPS) is 18.7. The third kappa shape index (κ3) is 3.95. The molecule has 2 saturated heterocycles. The van der Waals surface area contributed by atoms with E-state index in [2.05, 4.69) is 10.1 Å². The monoisotopic (exact) mass is 432 g/mol. The van der Waals surface area contributed by atoms with Gasteiger partial charge >= 0.3 is 0 Å². The first-order valence-electron chi connectivity index (χ1n) is 10.7. The number of amides is 2. The van der Waals surface area contributed by atoms with E-state index in [9.17, 15) is 9.59 Å². The van der Waals surface area contributed by atoms with Crippen molar-refractivity contribution in [2.75, 3.05) is 31.6 Å². The Balaban J connectivity index is 1.17. The molecule has 0 aliphatic carbocycles. The highest BCUT2D eigenvalue weighted by atomic mass is 16.5. The Morgan fingerprint density at radius 1 is 1.12 bits per heavy atom. The van der Waals surface area contributed by atoms with Crippen LogP contribution in [0.4, 0.5) is 5.69 Å². The molecule has 3 aromatic rings. The topological polar surface area (TPSA) is 88.8 Å². The molecule has 1 aromatic heterocycles. The highest BCUT2D eigenvalue weighted by Crippen LogP contribution is 2.32. The number of likely N-dealkylation sites (tertiary alicyclic amines) is 1.